The van der Waals surface area contributed by atoms with Gasteiger partial charge < -0.3 is 4.90 Å². The molecule has 1 nitrogen and oxygen atoms in total. The molecule has 1 rings (SSSR count). The van der Waals surface area contributed by atoms with Crippen molar-refractivity contribution in [3.63, 3.8) is 0 Å². The van der Waals surface area contributed by atoms with Crippen molar-refractivity contribution in [2.45, 2.75) is 78.2 Å². The predicted molar refractivity (Wildman–Crippen MR) is 72.8 cm³/mol. The van der Waals surface area contributed by atoms with E-state index in [4.69, 9.17) is 0 Å². The molecule has 2 atom stereocenters. The van der Waals surface area contributed by atoms with Crippen LogP contribution in [0.2, 0.25) is 0 Å². The summed E-state index contributed by atoms with van der Waals surface area (Å²) in [4.78, 5) is 2.79. The van der Waals surface area contributed by atoms with Crippen molar-refractivity contribution < 1.29 is 0 Å². The molecule has 96 valence electrons. The Morgan fingerprint density at radius 2 is 1.62 bits per heavy atom. The zero-order valence-electron chi connectivity index (χ0n) is 11.7. The lowest BCUT2D eigenvalue weighted by Gasteiger charge is -2.36. The van der Waals surface area contributed by atoms with E-state index in [9.17, 15) is 0 Å². The maximum absolute atomic E-state index is 2.79. The van der Waals surface area contributed by atoms with Crippen LogP contribution in [-0.2, 0) is 0 Å². The lowest BCUT2D eigenvalue weighted by atomic mass is 9.86. The second kappa shape index (κ2) is 8.11. The predicted octanol–water partition coefficient (Wildman–Crippen LogP) is 4.47. The van der Waals surface area contributed by atoms with E-state index in [1.807, 2.05) is 0 Å². The molecule has 1 aliphatic carbocycles. The summed E-state index contributed by atoms with van der Waals surface area (Å²) in [5.41, 5.74) is 0. The summed E-state index contributed by atoms with van der Waals surface area (Å²) in [6.07, 6.45) is 11.3. The van der Waals surface area contributed by atoms with Gasteiger partial charge in [0.2, 0.25) is 0 Å². The summed E-state index contributed by atoms with van der Waals surface area (Å²) in [6.45, 7) is 9.73. The van der Waals surface area contributed by atoms with Crippen LogP contribution >= 0.6 is 0 Å². The van der Waals surface area contributed by atoms with E-state index in [1.54, 1.807) is 0 Å². The van der Waals surface area contributed by atoms with Gasteiger partial charge in [-0.1, -0.05) is 46.5 Å². The molecule has 0 heterocycles. The Balaban J connectivity index is 2.38. The number of hydrogen-bond acceptors (Lipinski definition) is 1. The second-order valence-corrected chi connectivity index (χ2v) is 5.67. The zero-order chi connectivity index (χ0) is 11.8. The fourth-order valence-corrected chi connectivity index (χ4v) is 2.93. The molecule has 1 heteroatoms. The molecule has 0 aromatic rings. The van der Waals surface area contributed by atoms with Crippen LogP contribution in [-0.4, -0.2) is 24.0 Å². The molecule has 1 aliphatic rings. The molecule has 1 fully saturated rings. The third-order valence-electron chi connectivity index (χ3n) is 4.02. The van der Waals surface area contributed by atoms with E-state index >= 15 is 0 Å². The minimum atomic E-state index is 0.904. The Bertz CT molecular complexity index is 159. The van der Waals surface area contributed by atoms with Crippen LogP contribution in [0, 0.1) is 5.92 Å². The van der Waals surface area contributed by atoms with Crippen LogP contribution in [0.4, 0.5) is 0 Å². The maximum atomic E-state index is 2.79. The van der Waals surface area contributed by atoms with Crippen molar-refractivity contribution in [2.75, 3.05) is 13.1 Å². The Kier molecular flexibility index (Phi) is 7.11. The van der Waals surface area contributed by atoms with E-state index in [0.717, 1.165) is 12.0 Å². The molecule has 0 aromatic heterocycles. The van der Waals surface area contributed by atoms with Crippen LogP contribution in [0.3, 0.4) is 0 Å². The van der Waals surface area contributed by atoms with Crippen LogP contribution in [0.15, 0.2) is 0 Å². The van der Waals surface area contributed by atoms with Gasteiger partial charge in [0, 0.05) is 6.04 Å². The molecule has 1 saturated carbocycles. The number of nitrogens with zero attached hydrogens (tertiary/aromatic N) is 1. The van der Waals surface area contributed by atoms with Gasteiger partial charge in [0.05, 0.1) is 0 Å². The summed E-state index contributed by atoms with van der Waals surface area (Å²) in [6, 6.07) is 0.904. The monoisotopic (exact) mass is 225 g/mol. The van der Waals surface area contributed by atoms with Crippen LogP contribution in [0.5, 0.6) is 0 Å². The quantitative estimate of drug-likeness (QED) is 0.618. The van der Waals surface area contributed by atoms with Gasteiger partial charge in [0.25, 0.3) is 0 Å². The Morgan fingerprint density at radius 1 is 1.00 bits per heavy atom. The third-order valence-corrected chi connectivity index (χ3v) is 4.02. The van der Waals surface area contributed by atoms with Crippen molar-refractivity contribution >= 4 is 0 Å². The molecule has 0 amide bonds. The smallest absolute Gasteiger partial charge is 0.00977 e. The first-order valence-electron chi connectivity index (χ1n) is 7.52. The van der Waals surface area contributed by atoms with Crippen molar-refractivity contribution in [2.24, 2.45) is 5.92 Å². The average Bonchev–Trinajstić information content (AvgIpc) is 2.29. The third kappa shape index (κ3) is 4.86. The molecule has 0 bridgehead atoms. The van der Waals surface area contributed by atoms with Crippen LogP contribution in [0.25, 0.3) is 0 Å². The standard InChI is InChI=1S/C15H31N/c1-4-6-11-16(12-7-5-2)15-10-8-9-14(3)13-15/h14-15H,4-13H2,1-3H3/t14-,15-/m0/s1. The SMILES string of the molecule is CCCCN(CCCC)[C@H]1CCC[C@H](C)C1. The fourth-order valence-electron chi connectivity index (χ4n) is 2.93. The second-order valence-electron chi connectivity index (χ2n) is 5.67. The number of unbranched alkanes of at least 4 members (excludes halogenated alkanes) is 2. The number of hydrogen-bond donors (Lipinski definition) is 0. The fraction of sp³-hybridized carbons (Fsp3) is 1.00. The van der Waals surface area contributed by atoms with Crippen molar-refractivity contribution in [1.29, 1.82) is 0 Å². The van der Waals surface area contributed by atoms with Gasteiger partial charge in [0.1, 0.15) is 0 Å². The summed E-state index contributed by atoms with van der Waals surface area (Å²) >= 11 is 0. The maximum Gasteiger partial charge on any atom is 0.00977 e. The molecule has 0 aromatic carbocycles. The molecule has 0 N–H and O–H groups in total. The van der Waals surface area contributed by atoms with Gasteiger partial charge in [0.15, 0.2) is 0 Å². The molecular weight excluding hydrogens is 194 g/mol. The van der Waals surface area contributed by atoms with Crippen molar-refractivity contribution in [3.05, 3.63) is 0 Å². The minimum Gasteiger partial charge on any atom is -0.300 e. The van der Waals surface area contributed by atoms with Gasteiger partial charge in [-0.05, 0) is 44.7 Å². The zero-order valence-corrected chi connectivity index (χ0v) is 11.7. The van der Waals surface area contributed by atoms with Gasteiger partial charge in [-0.2, -0.15) is 0 Å². The highest BCUT2D eigenvalue weighted by molar-refractivity contribution is 4.78. The van der Waals surface area contributed by atoms with E-state index in [1.165, 1.54) is 64.5 Å². The molecular formula is C15H31N. The van der Waals surface area contributed by atoms with Crippen LogP contribution in [0.1, 0.15) is 72.1 Å². The van der Waals surface area contributed by atoms with Gasteiger partial charge in [-0.15, -0.1) is 0 Å². The highest BCUT2D eigenvalue weighted by Crippen LogP contribution is 2.27. The van der Waals surface area contributed by atoms with E-state index in [2.05, 4.69) is 25.7 Å². The molecule has 16 heavy (non-hydrogen) atoms. The van der Waals surface area contributed by atoms with Crippen molar-refractivity contribution in [3.8, 4) is 0 Å². The van der Waals surface area contributed by atoms with Gasteiger partial charge in [-0.25, -0.2) is 0 Å². The molecule has 0 saturated heterocycles. The summed E-state index contributed by atoms with van der Waals surface area (Å²) in [5.74, 6) is 0.963. The lowest BCUT2D eigenvalue weighted by Crippen LogP contribution is -2.39. The molecule has 0 radical (unpaired) electrons. The van der Waals surface area contributed by atoms with E-state index in [0.29, 0.717) is 0 Å². The average molecular weight is 225 g/mol. The van der Waals surface area contributed by atoms with E-state index < -0.39 is 0 Å². The summed E-state index contributed by atoms with van der Waals surface area (Å²) < 4.78 is 0. The largest absolute Gasteiger partial charge is 0.300 e. The van der Waals surface area contributed by atoms with E-state index in [-0.39, 0.29) is 0 Å². The molecule has 0 spiro atoms. The Morgan fingerprint density at radius 3 is 2.12 bits per heavy atom. The normalized spacial score (nSPS) is 26.2. The number of rotatable bonds is 7. The van der Waals surface area contributed by atoms with Gasteiger partial charge in [-0.3, -0.25) is 0 Å². The molecule has 0 unspecified atom stereocenters. The van der Waals surface area contributed by atoms with Crippen LogP contribution < -0.4 is 0 Å². The molecule has 0 aliphatic heterocycles. The first kappa shape index (κ1) is 14.0. The first-order chi connectivity index (χ1) is 7.77. The summed E-state index contributed by atoms with van der Waals surface area (Å²) in [7, 11) is 0. The first-order valence-corrected chi connectivity index (χ1v) is 7.52. The highest BCUT2D eigenvalue weighted by atomic mass is 15.1. The summed E-state index contributed by atoms with van der Waals surface area (Å²) in [5, 5.41) is 0. The topological polar surface area (TPSA) is 3.24 Å². The minimum absolute atomic E-state index is 0.904. The Labute approximate surface area is 103 Å². The van der Waals surface area contributed by atoms with Gasteiger partial charge >= 0.3 is 0 Å². The van der Waals surface area contributed by atoms with Crippen molar-refractivity contribution in [1.82, 2.24) is 4.90 Å². The Hall–Kier alpha value is -0.0400. The lowest BCUT2D eigenvalue weighted by molar-refractivity contribution is 0.131. The highest BCUT2D eigenvalue weighted by Gasteiger charge is 2.23.